The van der Waals surface area contributed by atoms with Crippen LogP contribution in [0.2, 0.25) is 0 Å². The summed E-state index contributed by atoms with van der Waals surface area (Å²) in [6.45, 7) is 0.598. The first kappa shape index (κ1) is 31.9. The molecule has 0 aliphatic heterocycles. The third-order valence-electron chi connectivity index (χ3n) is 6.07. The molecule has 0 saturated heterocycles. The molecule has 6 nitrogen and oxygen atoms in total. The van der Waals surface area contributed by atoms with Gasteiger partial charge in [-0.15, -0.1) is 0 Å². The molecule has 2 amide bonds. The Morgan fingerprint density at radius 3 is 1.23 bits per heavy atom. The number of ether oxygens (including phenoxy) is 2. The Morgan fingerprint density at radius 1 is 0.590 bits per heavy atom. The number of amides is 2. The molecule has 10 heteroatoms. The summed E-state index contributed by atoms with van der Waals surface area (Å²) in [5, 5.41) is 0. The van der Waals surface area contributed by atoms with E-state index < -0.39 is 13.2 Å². The lowest BCUT2D eigenvalue weighted by molar-refractivity contribution is -0.0505. The van der Waals surface area contributed by atoms with Gasteiger partial charge in [-0.05, 0) is 74.2 Å². The molecule has 0 heterocycles. The molecule has 2 aromatic carbocycles. The maximum absolute atomic E-state index is 12.9. The van der Waals surface area contributed by atoms with Gasteiger partial charge in [0, 0.05) is 37.3 Å². The molecule has 0 fully saturated rings. The lowest BCUT2D eigenvalue weighted by Crippen LogP contribution is -2.33. The van der Waals surface area contributed by atoms with Crippen LogP contribution in [0.1, 0.15) is 79.5 Å². The van der Waals surface area contributed by atoms with Crippen LogP contribution in [0.5, 0.6) is 11.5 Å². The third-order valence-corrected chi connectivity index (χ3v) is 6.07. The number of hydrogen-bond donors (Lipinski definition) is 0. The molecule has 0 N–H and O–H groups in total. The minimum absolute atomic E-state index is 0.0140. The predicted molar refractivity (Wildman–Crippen MR) is 142 cm³/mol. The zero-order valence-electron chi connectivity index (χ0n) is 22.6. The van der Waals surface area contributed by atoms with E-state index in [0.717, 1.165) is 44.9 Å². The van der Waals surface area contributed by atoms with Gasteiger partial charge in [-0.2, -0.15) is 17.6 Å². The van der Waals surface area contributed by atoms with Crippen LogP contribution >= 0.6 is 0 Å². The number of rotatable bonds is 18. The molecule has 2 rings (SSSR count). The van der Waals surface area contributed by atoms with E-state index in [-0.39, 0.29) is 23.3 Å². The molecular formula is C29H38F4N2O4. The Bertz CT molecular complexity index is 908. The van der Waals surface area contributed by atoms with Crippen molar-refractivity contribution in [1.82, 2.24) is 9.80 Å². The van der Waals surface area contributed by atoms with Crippen LogP contribution < -0.4 is 9.47 Å². The number of halogens is 4. The van der Waals surface area contributed by atoms with Crippen molar-refractivity contribution in [3.8, 4) is 11.5 Å². The van der Waals surface area contributed by atoms with Gasteiger partial charge in [-0.3, -0.25) is 9.59 Å². The fourth-order valence-electron chi connectivity index (χ4n) is 4.23. The normalized spacial score (nSPS) is 11.1. The van der Waals surface area contributed by atoms with E-state index in [0.29, 0.717) is 37.3 Å². The van der Waals surface area contributed by atoms with Crippen molar-refractivity contribution < 1.29 is 36.6 Å². The number of benzene rings is 2. The number of carbonyl (C=O) groups is 2. The van der Waals surface area contributed by atoms with Crippen LogP contribution in [0.4, 0.5) is 17.6 Å². The van der Waals surface area contributed by atoms with Gasteiger partial charge in [0.2, 0.25) is 0 Å². The highest BCUT2D eigenvalue weighted by atomic mass is 19.3. The number of nitrogens with zero attached hydrogens (tertiary/aromatic N) is 2. The summed E-state index contributed by atoms with van der Waals surface area (Å²) in [6, 6.07) is 11.5. The predicted octanol–water partition coefficient (Wildman–Crippen LogP) is 7.24. The Morgan fingerprint density at radius 2 is 0.923 bits per heavy atom. The van der Waals surface area contributed by atoms with Crippen molar-refractivity contribution in [2.45, 2.75) is 72.0 Å². The van der Waals surface area contributed by atoms with E-state index in [9.17, 15) is 27.2 Å². The van der Waals surface area contributed by atoms with Gasteiger partial charge in [-0.25, -0.2) is 0 Å². The Hall–Kier alpha value is -3.30. The topological polar surface area (TPSA) is 59.1 Å². The average Bonchev–Trinajstić information content (AvgIpc) is 2.90. The molecule has 0 aromatic heterocycles. The zero-order chi connectivity index (χ0) is 28.6. The quantitative estimate of drug-likeness (QED) is 0.144. The van der Waals surface area contributed by atoms with Gasteiger partial charge < -0.3 is 19.3 Å². The third kappa shape index (κ3) is 11.5. The monoisotopic (exact) mass is 554 g/mol. The van der Waals surface area contributed by atoms with E-state index >= 15 is 0 Å². The van der Waals surface area contributed by atoms with Gasteiger partial charge in [0.1, 0.15) is 11.5 Å². The van der Waals surface area contributed by atoms with E-state index in [4.69, 9.17) is 0 Å². The van der Waals surface area contributed by atoms with Crippen LogP contribution in [-0.2, 0) is 0 Å². The first-order chi connectivity index (χ1) is 18.7. The molecule has 0 bridgehead atoms. The highest BCUT2D eigenvalue weighted by Gasteiger charge is 2.17. The summed E-state index contributed by atoms with van der Waals surface area (Å²) in [4.78, 5) is 29.3. The van der Waals surface area contributed by atoms with Crippen molar-refractivity contribution in [3.05, 3.63) is 59.7 Å². The van der Waals surface area contributed by atoms with Gasteiger partial charge >= 0.3 is 13.2 Å². The van der Waals surface area contributed by atoms with Gasteiger partial charge in [0.05, 0.1) is 0 Å². The van der Waals surface area contributed by atoms with Crippen molar-refractivity contribution in [2.75, 3.05) is 26.2 Å². The fourth-order valence-corrected chi connectivity index (χ4v) is 4.23. The smallest absolute Gasteiger partial charge is 0.387 e. The van der Waals surface area contributed by atoms with E-state index in [2.05, 4.69) is 9.47 Å². The van der Waals surface area contributed by atoms with Crippen LogP contribution in [0.15, 0.2) is 48.5 Å². The summed E-state index contributed by atoms with van der Waals surface area (Å²) < 4.78 is 58.1. The summed E-state index contributed by atoms with van der Waals surface area (Å²) in [6.07, 6.45) is 6.11. The molecule has 0 unspecified atom stereocenters. The van der Waals surface area contributed by atoms with Gasteiger partial charge in [-0.1, -0.05) is 33.1 Å². The minimum atomic E-state index is -2.91. The van der Waals surface area contributed by atoms with Crippen molar-refractivity contribution in [1.29, 1.82) is 0 Å². The summed E-state index contributed by atoms with van der Waals surface area (Å²) in [5.74, 6) is -0.244. The molecule has 0 spiro atoms. The van der Waals surface area contributed by atoms with Crippen molar-refractivity contribution >= 4 is 11.8 Å². The summed E-state index contributed by atoms with van der Waals surface area (Å²) >= 11 is 0. The van der Waals surface area contributed by atoms with Gasteiger partial charge in [0.25, 0.3) is 11.8 Å². The molecule has 2 aromatic rings. The minimum Gasteiger partial charge on any atom is -0.435 e. The molecule has 39 heavy (non-hydrogen) atoms. The standard InChI is InChI=1S/C29H38F4N2O4/c1-3-18-34(26(36)22-10-14-24(15-11-22)38-28(30)31)20-8-6-5-7-9-21-35(19-4-2)27(37)23-12-16-25(17-13-23)39-29(32)33/h10-17,28-29H,3-9,18-21H2,1-2H3. The first-order valence-electron chi connectivity index (χ1n) is 13.4. The van der Waals surface area contributed by atoms with E-state index in [1.165, 1.54) is 48.5 Å². The SMILES string of the molecule is CCCN(CCCCCCCN(CCC)C(=O)c1ccc(OC(F)F)cc1)C(=O)c1ccc(OC(F)F)cc1. The Balaban J connectivity index is 1.75. The van der Waals surface area contributed by atoms with Crippen LogP contribution in [0.3, 0.4) is 0 Å². The van der Waals surface area contributed by atoms with Crippen molar-refractivity contribution in [2.24, 2.45) is 0 Å². The summed E-state index contributed by atoms with van der Waals surface area (Å²) in [7, 11) is 0. The van der Waals surface area contributed by atoms with Crippen LogP contribution in [0, 0.1) is 0 Å². The Labute approximate surface area is 227 Å². The second-order valence-corrected chi connectivity index (χ2v) is 9.16. The van der Waals surface area contributed by atoms with Crippen LogP contribution in [-0.4, -0.2) is 61.0 Å². The van der Waals surface area contributed by atoms with E-state index in [1.807, 2.05) is 13.8 Å². The van der Waals surface area contributed by atoms with Gasteiger partial charge in [0.15, 0.2) is 0 Å². The maximum atomic E-state index is 12.9. The average molecular weight is 555 g/mol. The fraction of sp³-hybridized carbons (Fsp3) is 0.517. The number of carbonyl (C=O) groups excluding carboxylic acids is 2. The van der Waals surface area contributed by atoms with Crippen molar-refractivity contribution in [3.63, 3.8) is 0 Å². The summed E-state index contributed by atoms with van der Waals surface area (Å²) in [5.41, 5.74) is 0.865. The van der Waals surface area contributed by atoms with E-state index in [1.54, 1.807) is 9.80 Å². The lowest BCUT2D eigenvalue weighted by atomic mass is 10.1. The first-order valence-corrected chi connectivity index (χ1v) is 13.4. The number of unbranched alkanes of at least 4 members (excludes halogenated alkanes) is 4. The largest absolute Gasteiger partial charge is 0.435 e. The molecular weight excluding hydrogens is 516 g/mol. The molecule has 0 aliphatic rings. The Kier molecular flexibility index (Phi) is 14.2. The number of hydrogen-bond acceptors (Lipinski definition) is 4. The maximum Gasteiger partial charge on any atom is 0.387 e. The highest BCUT2D eigenvalue weighted by Crippen LogP contribution is 2.18. The molecule has 216 valence electrons. The lowest BCUT2D eigenvalue weighted by Gasteiger charge is -2.23. The molecule has 0 saturated carbocycles. The highest BCUT2D eigenvalue weighted by molar-refractivity contribution is 5.94. The molecule has 0 aliphatic carbocycles. The molecule has 0 atom stereocenters. The van der Waals surface area contributed by atoms with Crippen LogP contribution in [0.25, 0.3) is 0 Å². The second-order valence-electron chi connectivity index (χ2n) is 9.16. The zero-order valence-corrected chi connectivity index (χ0v) is 22.6. The second kappa shape index (κ2) is 17.3. The molecule has 0 radical (unpaired) electrons. The number of alkyl halides is 4.